The van der Waals surface area contributed by atoms with Crippen LogP contribution in [0.2, 0.25) is 0 Å². The highest BCUT2D eigenvalue weighted by Crippen LogP contribution is 2.28. The summed E-state index contributed by atoms with van der Waals surface area (Å²) in [5.41, 5.74) is 2.31. The molecule has 0 aromatic heterocycles. The Balaban J connectivity index is 1.20. The van der Waals surface area contributed by atoms with Gasteiger partial charge < -0.3 is 0 Å². The lowest BCUT2D eigenvalue weighted by molar-refractivity contribution is 0.272. The molecule has 6 aromatic rings. The molecule has 0 aliphatic carbocycles. The molecule has 6 aromatic carbocycles. The van der Waals surface area contributed by atoms with Gasteiger partial charge in [-0.25, -0.2) is 0 Å². The van der Waals surface area contributed by atoms with Crippen LogP contribution in [-0.4, -0.2) is 49.6 Å². The average molecular weight is 495 g/mol. The van der Waals surface area contributed by atoms with E-state index in [-0.39, 0.29) is 0 Å². The van der Waals surface area contributed by atoms with Gasteiger partial charge in [-0.05, 0) is 55.2 Å². The Hall–Kier alpha value is -4.70. The molecule has 4 heteroatoms. The second kappa shape index (κ2) is 10.3. The van der Waals surface area contributed by atoms with Crippen LogP contribution in [0.1, 0.15) is 11.1 Å². The van der Waals surface area contributed by atoms with Gasteiger partial charge in [0, 0.05) is 25.2 Å². The second-order valence-electron chi connectivity index (χ2n) is 9.72. The highest BCUT2D eigenvalue weighted by Gasteiger charge is 2.07. The molecule has 0 radical (unpaired) electrons. The van der Waals surface area contributed by atoms with E-state index in [0.29, 0.717) is 0 Å². The lowest BCUT2D eigenvalue weighted by atomic mass is 9.97. The maximum atomic E-state index is 4.80. The lowest BCUT2D eigenvalue weighted by Crippen LogP contribution is -2.25. The quantitative estimate of drug-likeness (QED) is 0.130. The van der Waals surface area contributed by atoms with Crippen LogP contribution in [0.5, 0.6) is 0 Å². The topological polar surface area (TPSA) is 31.2 Å². The predicted molar refractivity (Wildman–Crippen MR) is 163 cm³/mol. The fraction of sp³-hybridized carbons (Fsp3) is 0.118. The van der Waals surface area contributed by atoms with E-state index in [1.807, 2.05) is 36.5 Å². The molecule has 0 heterocycles. The zero-order valence-corrected chi connectivity index (χ0v) is 21.8. The van der Waals surface area contributed by atoms with Crippen molar-refractivity contribution >= 4 is 55.5 Å². The van der Waals surface area contributed by atoms with E-state index >= 15 is 0 Å². The van der Waals surface area contributed by atoms with E-state index < -0.39 is 0 Å². The van der Waals surface area contributed by atoms with Crippen molar-refractivity contribution < 1.29 is 0 Å². The third-order valence-electron chi connectivity index (χ3n) is 7.14. The first-order valence-electron chi connectivity index (χ1n) is 13.0. The van der Waals surface area contributed by atoms with Crippen molar-refractivity contribution in [2.75, 3.05) is 27.2 Å². The molecule has 0 fully saturated rings. The number of likely N-dealkylation sites (N-methyl/N-ethyl adjacent to an activating group) is 2. The summed E-state index contributed by atoms with van der Waals surface area (Å²) in [6, 6.07) is 38.5. The first kappa shape index (κ1) is 23.7. The zero-order valence-electron chi connectivity index (χ0n) is 21.8. The molecule has 4 nitrogen and oxygen atoms in total. The van der Waals surface area contributed by atoms with Gasteiger partial charge in [-0.3, -0.25) is 10.0 Å². The highest BCUT2D eigenvalue weighted by molar-refractivity contribution is 6.14. The van der Waals surface area contributed by atoms with Crippen molar-refractivity contribution in [1.29, 1.82) is 0 Å². The Labute approximate surface area is 223 Å². The molecule has 0 aliphatic rings. The average Bonchev–Trinajstić information content (AvgIpc) is 2.96. The van der Waals surface area contributed by atoms with Crippen LogP contribution in [0, 0.1) is 0 Å². The van der Waals surface area contributed by atoms with Crippen molar-refractivity contribution in [3.05, 3.63) is 120 Å². The number of benzene rings is 6. The van der Waals surface area contributed by atoms with Crippen LogP contribution in [-0.2, 0) is 0 Å². The molecule has 0 spiro atoms. The number of hydrogen-bond acceptors (Lipinski definition) is 4. The molecular formula is C34H30N4. The molecule has 0 amide bonds. The zero-order chi connectivity index (χ0) is 25.9. The fourth-order valence-corrected chi connectivity index (χ4v) is 5.09. The van der Waals surface area contributed by atoms with Crippen molar-refractivity contribution in [3.63, 3.8) is 0 Å². The van der Waals surface area contributed by atoms with Gasteiger partial charge in [0.2, 0.25) is 0 Å². The molecule has 0 N–H and O–H groups in total. The first-order valence-corrected chi connectivity index (χ1v) is 13.0. The standard InChI is InChI=1S/C34H30N4/c1-37(35-23-33-29-15-7-3-11-25(29)21-26-12-4-8-16-30(26)33)19-20-38(2)36-24-34-31-17-9-5-13-27(31)22-28-14-6-10-18-32(28)34/h3-18,21-24H,19-20H2,1-2H3. The summed E-state index contributed by atoms with van der Waals surface area (Å²) < 4.78 is 0. The van der Waals surface area contributed by atoms with E-state index in [0.717, 1.165) is 24.2 Å². The van der Waals surface area contributed by atoms with Crippen LogP contribution in [0.25, 0.3) is 43.1 Å². The largest absolute Gasteiger partial charge is 0.298 e. The smallest absolute Gasteiger partial charge is 0.0555 e. The summed E-state index contributed by atoms with van der Waals surface area (Å²) in [5.74, 6) is 0. The molecule has 0 atom stereocenters. The predicted octanol–water partition coefficient (Wildman–Crippen LogP) is 7.53. The molecule has 6 rings (SSSR count). The van der Waals surface area contributed by atoms with Gasteiger partial charge in [0.05, 0.1) is 25.5 Å². The van der Waals surface area contributed by atoms with E-state index in [1.54, 1.807) is 0 Å². The van der Waals surface area contributed by atoms with Crippen LogP contribution in [0.4, 0.5) is 0 Å². The van der Waals surface area contributed by atoms with Crippen LogP contribution < -0.4 is 0 Å². The highest BCUT2D eigenvalue weighted by atomic mass is 15.5. The minimum atomic E-state index is 0.753. The van der Waals surface area contributed by atoms with Gasteiger partial charge in [0.15, 0.2) is 0 Å². The molecule has 0 bridgehead atoms. The van der Waals surface area contributed by atoms with Gasteiger partial charge in [0.1, 0.15) is 0 Å². The summed E-state index contributed by atoms with van der Waals surface area (Å²) >= 11 is 0. The summed E-state index contributed by atoms with van der Waals surface area (Å²) in [5, 5.41) is 23.3. The maximum absolute atomic E-state index is 4.80. The maximum Gasteiger partial charge on any atom is 0.0555 e. The number of hydrazone groups is 2. The van der Waals surface area contributed by atoms with Crippen molar-refractivity contribution in [1.82, 2.24) is 10.0 Å². The van der Waals surface area contributed by atoms with Crippen molar-refractivity contribution in [3.8, 4) is 0 Å². The summed E-state index contributed by atoms with van der Waals surface area (Å²) in [6.07, 6.45) is 3.99. The molecule has 186 valence electrons. The Morgan fingerprint density at radius 1 is 0.474 bits per heavy atom. The second-order valence-corrected chi connectivity index (χ2v) is 9.72. The summed E-state index contributed by atoms with van der Waals surface area (Å²) in [6.45, 7) is 1.51. The Morgan fingerprint density at radius 2 is 0.763 bits per heavy atom. The minimum absolute atomic E-state index is 0.753. The molecule has 38 heavy (non-hydrogen) atoms. The van der Waals surface area contributed by atoms with Gasteiger partial charge in [-0.15, -0.1) is 0 Å². The van der Waals surface area contributed by atoms with Gasteiger partial charge in [-0.2, -0.15) is 10.2 Å². The summed E-state index contributed by atoms with van der Waals surface area (Å²) in [7, 11) is 4.03. The van der Waals surface area contributed by atoms with E-state index in [9.17, 15) is 0 Å². The number of rotatable bonds is 7. The van der Waals surface area contributed by atoms with Gasteiger partial charge in [0.25, 0.3) is 0 Å². The molecular weight excluding hydrogens is 464 g/mol. The SMILES string of the molecule is CN(CCN(C)N=Cc1c2ccccc2cc2ccccc12)N=Cc1c2ccccc2cc2ccccc12. The molecule has 0 unspecified atom stereocenters. The lowest BCUT2D eigenvalue weighted by Gasteiger charge is -2.18. The Morgan fingerprint density at radius 3 is 1.08 bits per heavy atom. The van der Waals surface area contributed by atoms with Crippen LogP contribution in [0.15, 0.2) is 119 Å². The number of hydrogen-bond donors (Lipinski definition) is 0. The summed E-state index contributed by atoms with van der Waals surface area (Å²) in [4.78, 5) is 0. The number of nitrogens with zero attached hydrogens (tertiary/aromatic N) is 4. The van der Waals surface area contributed by atoms with Gasteiger partial charge >= 0.3 is 0 Å². The van der Waals surface area contributed by atoms with E-state index in [1.165, 1.54) is 43.1 Å². The van der Waals surface area contributed by atoms with Crippen molar-refractivity contribution in [2.24, 2.45) is 10.2 Å². The van der Waals surface area contributed by atoms with Crippen molar-refractivity contribution in [2.45, 2.75) is 0 Å². The molecule has 0 saturated carbocycles. The van der Waals surface area contributed by atoms with E-state index in [2.05, 4.69) is 109 Å². The Bertz CT molecular complexity index is 1580. The normalized spacial score (nSPS) is 11.9. The number of fused-ring (bicyclic) bond motifs is 4. The van der Waals surface area contributed by atoms with Crippen LogP contribution >= 0.6 is 0 Å². The molecule has 0 aliphatic heterocycles. The fourth-order valence-electron chi connectivity index (χ4n) is 5.09. The monoisotopic (exact) mass is 494 g/mol. The van der Waals surface area contributed by atoms with E-state index in [4.69, 9.17) is 10.2 Å². The third kappa shape index (κ3) is 4.69. The van der Waals surface area contributed by atoms with Crippen LogP contribution in [0.3, 0.4) is 0 Å². The third-order valence-corrected chi connectivity index (χ3v) is 7.14. The minimum Gasteiger partial charge on any atom is -0.298 e. The molecule has 0 saturated heterocycles. The van der Waals surface area contributed by atoms with Gasteiger partial charge in [-0.1, -0.05) is 97.1 Å². The first-order chi connectivity index (χ1) is 18.7. The Kier molecular flexibility index (Phi) is 6.45.